The Labute approximate surface area is 83.3 Å². The van der Waals surface area contributed by atoms with Crippen LogP contribution in [-0.2, 0) is 9.53 Å². The number of nitrogens with zero attached hydrogens (tertiary/aromatic N) is 1. The van der Waals surface area contributed by atoms with Crippen molar-refractivity contribution in [2.75, 3.05) is 32.8 Å². The van der Waals surface area contributed by atoms with E-state index in [0.717, 1.165) is 25.9 Å². The minimum atomic E-state index is -0.914. The molecule has 1 saturated heterocycles. The lowest BCUT2D eigenvalue weighted by Crippen LogP contribution is -2.39. The van der Waals surface area contributed by atoms with Gasteiger partial charge >= 0.3 is 5.97 Å². The minimum absolute atomic E-state index is 0.0704. The average molecular weight is 203 g/mol. The van der Waals surface area contributed by atoms with Crippen LogP contribution in [0, 0.1) is 0 Å². The Hall–Kier alpha value is -0.650. The predicted molar refractivity (Wildman–Crippen MR) is 50.1 cm³/mol. The van der Waals surface area contributed by atoms with E-state index in [9.17, 15) is 4.79 Å². The van der Waals surface area contributed by atoms with Gasteiger partial charge in [0.25, 0.3) is 0 Å². The number of carbonyl (C=O) groups is 1. The van der Waals surface area contributed by atoms with Gasteiger partial charge in [-0.3, -0.25) is 0 Å². The first-order valence-electron chi connectivity index (χ1n) is 4.89. The molecule has 1 rings (SSSR count). The fourth-order valence-corrected chi connectivity index (χ4v) is 1.63. The third-order valence-electron chi connectivity index (χ3n) is 2.39. The van der Waals surface area contributed by atoms with Crippen LogP contribution in [0.3, 0.4) is 0 Å². The molecule has 1 fully saturated rings. The van der Waals surface area contributed by atoms with Crippen LogP contribution in [0.2, 0.25) is 0 Å². The highest BCUT2D eigenvalue weighted by Crippen LogP contribution is 2.12. The second kappa shape index (κ2) is 5.95. The van der Waals surface area contributed by atoms with E-state index in [1.165, 1.54) is 0 Å². The molecule has 14 heavy (non-hydrogen) atoms. The summed E-state index contributed by atoms with van der Waals surface area (Å²) in [7, 11) is 0. The molecule has 0 aromatic rings. The van der Waals surface area contributed by atoms with Gasteiger partial charge in [-0.1, -0.05) is 0 Å². The standard InChI is InChI=1S/C9H17NO4/c11-6-5-10-3-1-8(2-4-10)14-7-9(12)13/h8,11H,1-7H2,(H,12,13). The topological polar surface area (TPSA) is 70.0 Å². The second-order valence-corrected chi connectivity index (χ2v) is 3.47. The summed E-state index contributed by atoms with van der Waals surface area (Å²) in [6.45, 7) is 2.44. The molecule has 0 aromatic carbocycles. The van der Waals surface area contributed by atoms with Crippen LogP contribution < -0.4 is 0 Å². The van der Waals surface area contributed by atoms with Gasteiger partial charge in [0.15, 0.2) is 0 Å². The van der Waals surface area contributed by atoms with Crippen molar-refractivity contribution < 1.29 is 19.7 Å². The smallest absolute Gasteiger partial charge is 0.329 e. The number of likely N-dealkylation sites (tertiary alicyclic amines) is 1. The van der Waals surface area contributed by atoms with E-state index >= 15 is 0 Å². The average Bonchev–Trinajstić information content (AvgIpc) is 2.17. The van der Waals surface area contributed by atoms with Crippen molar-refractivity contribution >= 4 is 5.97 Å². The molecule has 0 spiro atoms. The number of aliphatic hydroxyl groups excluding tert-OH is 1. The molecule has 82 valence electrons. The molecule has 0 unspecified atom stereocenters. The number of hydrogen-bond donors (Lipinski definition) is 2. The van der Waals surface area contributed by atoms with Gasteiger partial charge in [0.1, 0.15) is 6.61 Å². The molecule has 5 nitrogen and oxygen atoms in total. The van der Waals surface area contributed by atoms with Crippen molar-refractivity contribution in [3.63, 3.8) is 0 Å². The number of aliphatic hydroxyl groups is 1. The third kappa shape index (κ3) is 4.04. The number of rotatable bonds is 5. The molecular formula is C9H17NO4. The van der Waals surface area contributed by atoms with Gasteiger partial charge in [-0.2, -0.15) is 0 Å². The Morgan fingerprint density at radius 1 is 1.43 bits per heavy atom. The van der Waals surface area contributed by atoms with Crippen molar-refractivity contribution in [2.45, 2.75) is 18.9 Å². The van der Waals surface area contributed by atoms with Crippen LogP contribution in [0.25, 0.3) is 0 Å². The lowest BCUT2D eigenvalue weighted by molar-refractivity contribution is -0.145. The molecule has 2 N–H and O–H groups in total. The molecule has 0 amide bonds. The van der Waals surface area contributed by atoms with Crippen molar-refractivity contribution in [3.05, 3.63) is 0 Å². The maximum absolute atomic E-state index is 10.2. The first-order chi connectivity index (χ1) is 6.72. The summed E-state index contributed by atoms with van der Waals surface area (Å²) >= 11 is 0. The molecule has 5 heteroatoms. The van der Waals surface area contributed by atoms with Gasteiger partial charge in [-0.25, -0.2) is 4.79 Å². The zero-order valence-electron chi connectivity index (χ0n) is 8.19. The normalized spacial score (nSPS) is 19.8. The van der Waals surface area contributed by atoms with E-state index in [1.807, 2.05) is 0 Å². The number of piperidine rings is 1. The zero-order chi connectivity index (χ0) is 10.4. The molecular weight excluding hydrogens is 186 g/mol. The summed E-state index contributed by atoms with van der Waals surface area (Å²) in [4.78, 5) is 12.4. The molecule has 0 saturated carbocycles. The van der Waals surface area contributed by atoms with Crippen molar-refractivity contribution in [1.82, 2.24) is 4.90 Å². The van der Waals surface area contributed by atoms with E-state index in [-0.39, 0.29) is 19.3 Å². The van der Waals surface area contributed by atoms with Gasteiger partial charge in [0.05, 0.1) is 12.7 Å². The van der Waals surface area contributed by atoms with E-state index in [2.05, 4.69) is 4.90 Å². The van der Waals surface area contributed by atoms with Crippen molar-refractivity contribution in [2.24, 2.45) is 0 Å². The SMILES string of the molecule is O=C(O)COC1CCN(CCO)CC1. The van der Waals surface area contributed by atoms with Gasteiger partial charge < -0.3 is 19.8 Å². The molecule has 0 aromatic heterocycles. The van der Waals surface area contributed by atoms with Gasteiger partial charge in [0, 0.05) is 19.6 Å². The number of aliphatic carboxylic acids is 1. The third-order valence-corrected chi connectivity index (χ3v) is 2.39. The molecule has 1 aliphatic heterocycles. The summed E-state index contributed by atoms with van der Waals surface area (Å²) < 4.78 is 5.18. The fourth-order valence-electron chi connectivity index (χ4n) is 1.63. The number of hydrogen-bond acceptors (Lipinski definition) is 4. The number of carboxylic acids is 1. The molecule has 0 aliphatic carbocycles. The van der Waals surface area contributed by atoms with Crippen LogP contribution in [0.1, 0.15) is 12.8 Å². The molecule has 0 radical (unpaired) electrons. The van der Waals surface area contributed by atoms with Crippen LogP contribution in [0.4, 0.5) is 0 Å². The Morgan fingerprint density at radius 2 is 2.07 bits per heavy atom. The maximum Gasteiger partial charge on any atom is 0.329 e. The minimum Gasteiger partial charge on any atom is -0.480 e. The molecule has 0 bridgehead atoms. The largest absolute Gasteiger partial charge is 0.480 e. The lowest BCUT2D eigenvalue weighted by Gasteiger charge is -2.30. The first kappa shape index (κ1) is 11.4. The number of β-amino-alcohol motifs (C(OH)–C–C–N with tert-alkyl or cyclic N) is 1. The quantitative estimate of drug-likeness (QED) is 0.633. The Bertz CT molecular complexity index is 178. The molecule has 1 aliphatic rings. The number of carboxylic acid groups (broad SMARTS) is 1. The molecule has 0 atom stereocenters. The van der Waals surface area contributed by atoms with E-state index in [1.54, 1.807) is 0 Å². The molecule has 1 heterocycles. The fraction of sp³-hybridized carbons (Fsp3) is 0.889. The van der Waals surface area contributed by atoms with E-state index in [0.29, 0.717) is 6.54 Å². The van der Waals surface area contributed by atoms with Crippen LogP contribution in [0.15, 0.2) is 0 Å². The first-order valence-corrected chi connectivity index (χ1v) is 4.89. The highest BCUT2D eigenvalue weighted by molar-refractivity contribution is 5.68. The van der Waals surface area contributed by atoms with Gasteiger partial charge in [0.2, 0.25) is 0 Å². The summed E-state index contributed by atoms with van der Waals surface area (Å²) in [6, 6.07) is 0. The van der Waals surface area contributed by atoms with Crippen molar-refractivity contribution in [1.29, 1.82) is 0 Å². The van der Waals surface area contributed by atoms with Crippen LogP contribution in [-0.4, -0.2) is 60.0 Å². The maximum atomic E-state index is 10.2. The Balaban J connectivity index is 2.12. The van der Waals surface area contributed by atoms with Gasteiger partial charge in [-0.05, 0) is 12.8 Å². The highest BCUT2D eigenvalue weighted by atomic mass is 16.5. The van der Waals surface area contributed by atoms with E-state index in [4.69, 9.17) is 14.9 Å². The van der Waals surface area contributed by atoms with Crippen LogP contribution >= 0.6 is 0 Å². The van der Waals surface area contributed by atoms with Gasteiger partial charge in [-0.15, -0.1) is 0 Å². The summed E-state index contributed by atoms with van der Waals surface area (Å²) in [5.74, 6) is -0.914. The predicted octanol–water partition coefficient (Wildman–Crippen LogP) is -0.456. The lowest BCUT2D eigenvalue weighted by atomic mass is 10.1. The Kier molecular flexibility index (Phi) is 4.86. The van der Waals surface area contributed by atoms with Crippen molar-refractivity contribution in [3.8, 4) is 0 Å². The number of ether oxygens (including phenoxy) is 1. The Morgan fingerprint density at radius 3 is 2.57 bits per heavy atom. The summed E-state index contributed by atoms with van der Waals surface area (Å²) in [6.07, 6.45) is 1.78. The highest BCUT2D eigenvalue weighted by Gasteiger charge is 2.19. The second-order valence-electron chi connectivity index (χ2n) is 3.47. The summed E-state index contributed by atoms with van der Waals surface area (Å²) in [5, 5.41) is 17.1. The van der Waals surface area contributed by atoms with Crippen LogP contribution in [0.5, 0.6) is 0 Å². The summed E-state index contributed by atoms with van der Waals surface area (Å²) in [5.41, 5.74) is 0. The van der Waals surface area contributed by atoms with E-state index < -0.39 is 5.97 Å². The zero-order valence-corrected chi connectivity index (χ0v) is 8.19. The monoisotopic (exact) mass is 203 g/mol.